The maximum atomic E-state index is 2.47. The number of hydrogen-bond acceptors (Lipinski definition) is 1. The second-order valence-corrected chi connectivity index (χ2v) is 16.1. The van der Waals surface area contributed by atoms with E-state index in [4.69, 9.17) is 0 Å². The average molecular weight is 777 g/mol. The molecule has 1 aliphatic carbocycles. The SMILES string of the molecule is c1ccc(-c2ccc(N(c3ccc(-n4c5ccccc5c5cc(C6(c7ccccc7)c7ccccc7-c7ccccc76)ccc54)cc3)c3cccc4ccccc34)cc2)cc1. The lowest BCUT2D eigenvalue weighted by atomic mass is 9.67. The van der Waals surface area contributed by atoms with E-state index in [1.54, 1.807) is 0 Å². The van der Waals surface area contributed by atoms with E-state index < -0.39 is 5.41 Å². The predicted octanol–water partition coefficient (Wildman–Crippen LogP) is 15.4. The van der Waals surface area contributed by atoms with Crippen LogP contribution >= 0.6 is 0 Å². The molecule has 1 heterocycles. The van der Waals surface area contributed by atoms with Gasteiger partial charge in [0.05, 0.1) is 22.1 Å². The molecule has 1 aromatic heterocycles. The first kappa shape index (κ1) is 35.0. The van der Waals surface area contributed by atoms with Crippen molar-refractivity contribution in [1.29, 1.82) is 0 Å². The zero-order valence-corrected chi connectivity index (χ0v) is 33.5. The fourth-order valence-corrected chi connectivity index (χ4v) is 10.2. The fraction of sp³-hybridized carbons (Fsp3) is 0.0169. The van der Waals surface area contributed by atoms with E-state index in [2.05, 4.69) is 252 Å². The van der Waals surface area contributed by atoms with Crippen LogP contribution in [0.1, 0.15) is 22.3 Å². The molecular weight excluding hydrogens is 737 g/mol. The number of fused-ring (bicyclic) bond motifs is 7. The van der Waals surface area contributed by atoms with Gasteiger partial charge in [0.2, 0.25) is 0 Å². The minimum absolute atomic E-state index is 0.460. The van der Waals surface area contributed by atoms with Gasteiger partial charge in [0.15, 0.2) is 0 Å². The van der Waals surface area contributed by atoms with Gasteiger partial charge < -0.3 is 9.47 Å². The molecule has 0 amide bonds. The van der Waals surface area contributed by atoms with Gasteiger partial charge in [-0.15, -0.1) is 0 Å². The molecule has 0 fully saturated rings. The van der Waals surface area contributed by atoms with Gasteiger partial charge in [-0.25, -0.2) is 0 Å². The minimum Gasteiger partial charge on any atom is -0.310 e. The van der Waals surface area contributed by atoms with Crippen LogP contribution in [0.5, 0.6) is 0 Å². The molecule has 0 bridgehead atoms. The Morgan fingerprint density at radius 1 is 0.344 bits per heavy atom. The van der Waals surface area contributed by atoms with Crippen molar-refractivity contribution in [3.05, 3.63) is 265 Å². The fourth-order valence-electron chi connectivity index (χ4n) is 10.2. The van der Waals surface area contributed by atoms with Crippen molar-refractivity contribution < 1.29 is 0 Å². The maximum Gasteiger partial charge on any atom is 0.0713 e. The van der Waals surface area contributed by atoms with E-state index in [0.29, 0.717) is 0 Å². The van der Waals surface area contributed by atoms with Crippen molar-refractivity contribution in [3.8, 4) is 27.9 Å². The summed E-state index contributed by atoms with van der Waals surface area (Å²) in [6, 6.07) is 89.0. The number of benzene rings is 10. The van der Waals surface area contributed by atoms with E-state index in [9.17, 15) is 0 Å². The summed E-state index contributed by atoms with van der Waals surface area (Å²) in [4.78, 5) is 2.39. The highest BCUT2D eigenvalue weighted by atomic mass is 15.1. The van der Waals surface area contributed by atoms with Crippen LogP contribution in [0, 0.1) is 0 Å². The summed E-state index contributed by atoms with van der Waals surface area (Å²) < 4.78 is 2.43. The molecule has 2 nitrogen and oxygen atoms in total. The lowest BCUT2D eigenvalue weighted by molar-refractivity contribution is 0.770. The molecule has 0 aliphatic heterocycles. The molecule has 12 rings (SSSR count). The van der Waals surface area contributed by atoms with Crippen molar-refractivity contribution in [1.82, 2.24) is 4.57 Å². The molecule has 0 saturated carbocycles. The second-order valence-electron chi connectivity index (χ2n) is 16.1. The molecule has 286 valence electrons. The Morgan fingerprint density at radius 2 is 0.885 bits per heavy atom. The zero-order chi connectivity index (χ0) is 40.3. The molecule has 1 aliphatic rings. The highest BCUT2D eigenvalue weighted by molar-refractivity contribution is 6.10. The van der Waals surface area contributed by atoms with Crippen LogP contribution in [0.15, 0.2) is 243 Å². The summed E-state index contributed by atoms with van der Waals surface area (Å²) in [7, 11) is 0. The molecule has 0 radical (unpaired) electrons. The number of para-hydroxylation sites is 1. The molecule has 0 saturated heterocycles. The van der Waals surface area contributed by atoms with Crippen LogP contribution in [0.4, 0.5) is 17.1 Å². The molecule has 0 unspecified atom stereocenters. The van der Waals surface area contributed by atoms with Crippen LogP contribution < -0.4 is 4.90 Å². The number of aromatic nitrogens is 1. The third-order valence-corrected chi connectivity index (χ3v) is 12.9. The van der Waals surface area contributed by atoms with E-state index in [1.807, 2.05) is 0 Å². The number of hydrogen-bond donors (Lipinski definition) is 0. The van der Waals surface area contributed by atoms with E-state index >= 15 is 0 Å². The van der Waals surface area contributed by atoms with Crippen LogP contribution in [0.2, 0.25) is 0 Å². The Hall–Kier alpha value is -7.94. The van der Waals surface area contributed by atoms with Gasteiger partial charge in [-0.1, -0.05) is 182 Å². The maximum absolute atomic E-state index is 2.47. The third-order valence-electron chi connectivity index (χ3n) is 12.9. The number of anilines is 3. The van der Waals surface area contributed by atoms with E-state index in [-0.39, 0.29) is 0 Å². The molecule has 11 aromatic rings. The monoisotopic (exact) mass is 776 g/mol. The smallest absolute Gasteiger partial charge is 0.0713 e. The summed E-state index contributed by atoms with van der Waals surface area (Å²) in [5.41, 5.74) is 16.6. The topological polar surface area (TPSA) is 8.17 Å². The van der Waals surface area contributed by atoms with Gasteiger partial charge in [0.1, 0.15) is 0 Å². The van der Waals surface area contributed by atoms with Crippen LogP contribution in [0.3, 0.4) is 0 Å². The molecule has 0 N–H and O–H groups in total. The summed E-state index contributed by atoms with van der Waals surface area (Å²) in [5, 5.41) is 4.90. The van der Waals surface area contributed by atoms with Gasteiger partial charge in [0, 0.05) is 33.2 Å². The van der Waals surface area contributed by atoms with Crippen LogP contribution in [0.25, 0.3) is 60.5 Å². The van der Waals surface area contributed by atoms with Crippen molar-refractivity contribution >= 4 is 49.6 Å². The molecule has 2 heteroatoms. The number of nitrogens with zero attached hydrogens (tertiary/aromatic N) is 2. The van der Waals surface area contributed by atoms with Crippen molar-refractivity contribution in [2.45, 2.75) is 5.41 Å². The lowest BCUT2D eigenvalue weighted by Gasteiger charge is -2.34. The highest BCUT2D eigenvalue weighted by Gasteiger charge is 2.46. The Kier molecular flexibility index (Phi) is 8.11. The average Bonchev–Trinajstić information content (AvgIpc) is 3.83. The highest BCUT2D eigenvalue weighted by Crippen LogP contribution is 2.56. The van der Waals surface area contributed by atoms with Crippen molar-refractivity contribution in [3.63, 3.8) is 0 Å². The Balaban J connectivity index is 1.02. The van der Waals surface area contributed by atoms with Gasteiger partial charge in [-0.3, -0.25) is 0 Å². The quantitative estimate of drug-likeness (QED) is 0.156. The van der Waals surface area contributed by atoms with Gasteiger partial charge in [-0.2, -0.15) is 0 Å². The third kappa shape index (κ3) is 5.43. The Bertz CT molecular complexity index is 3350. The van der Waals surface area contributed by atoms with Crippen LogP contribution in [-0.4, -0.2) is 4.57 Å². The van der Waals surface area contributed by atoms with Crippen molar-refractivity contribution in [2.24, 2.45) is 0 Å². The van der Waals surface area contributed by atoms with Gasteiger partial charge in [-0.05, 0) is 111 Å². The first-order chi connectivity index (χ1) is 30.3. The summed E-state index contributed by atoms with van der Waals surface area (Å²) in [5.74, 6) is 0. The molecule has 10 aromatic carbocycles. The largest absolute Gasteiger partial charge is 0.310 e. The lowest BCUT2D eigenvalue weighted by Crippen LogP contribution is -2.28. The first-order valence-corrected chi connectivity index (χ1v) is 21.1. The molecule has 61 heavy (non-hydrogen) atoms. The number of rotatable bonds is 7. The van der Waals surface area contributed by atoms with Crippen LogP contribution in [-0.2, 0) is 5.41 Å². The molecular formula is C59H40N2. The van der Waals surface area contributed by atoms with Gasteiger partial charge in [0.25, 0.3) is 0 Å². The van der Waals surface area contributed by atoms with E-state index in [0.717, 1.165) is 22.7 Å². The van der Waals surface area contributed by atoms with E-state index in [1.165, 1.54) is 77.1 Å². The van der Waals surface area contributed by atoms with Gasteiger partial charge >= 0.3 is 0 Å². The summed E-state index contributed by atoms with van der Waals surface area (Å²) in [6.07, 6.45) is 0. The predicted molar refractivity (Wildman–Crippen MR) is 256 cm³/mol. The Labute approximate surface area is 355 Å². The van der Waals surface area contributed by atoms with Crippen molar-refractivity contribution in [2.75, 3.05) is 4.90 Å². The minimum atomic E-state index is -0.460. The molecule has 0 spiro atoms. The summed E-state index contributed by atoms with van der Waals surface area (Å²) in [6.45, 7) is 0. The Morgan fingerprint density at radius 3 is 1.61 bits per heavy atom. The zero-order valence-electron chi connectivity index (χ0n) is 33.5. The first-order valence-electron chi connectivity index (χ1n) is 21.1. The standard InChI is InChI=1S/C59H40N2/c1-3-16-41(17-4-1)42-30-33-46(34-31-42)60(56-29-15-19-43-18-7-8-22-49(43)56)47-35-37-48(38-36-47)61-57-28-14-11-25-52(57)53-40-45(32-39-58(53)61)59(44-20-5-2-6-21-44)54-26-12-9-23-50(54)51-24-10-13-27-55(51)59/h1-40H. The normalized spacial score (nSPS) is 12.7. The second kappa shape index (κ2) is 14.1. The summed E-state index contributed by atoms with van der Waals surface area (Å²) >= 11 is 0. The molecule has 0 atom stereocenters.